The SMILES string of the molecule is Cc1cccc(N2CC(C(=O)Nc3ccc(NC(C)c4nc(C)cc(C)n4)cc3)CC2=O)c1. The molecule has 0 radical (unpaired) electrons. The summed E-state index contributed by atoms with van der Waals surface area (Å²) in [6.07, 6.45) is 0.215. The first-order valence-corrected chi connectivity index (χ1v) is 11.1. The van der Waals surface area contributed by atoms with Gasteiger partial charge in [0, 0.05) is 41.4 Å². The van der Waals surface area contributed by atoms with Gasteiger partial charge in [-0.25, -0.2) is 9.97 Å². The van der Waals surface area contributed by atoms with Crippen molar-refractivity contribution in [3.05, 3.63) is 77.4 Å². The first-order valence-electron chi connectivity index (χ1n) is 11.1. The average Bonchev–Trinajstić information content (AvgIpc) is 3.16. The molecule has 2 unspecified atom stereocenters. The molecule has 1 aliphatic heterocycles. The Labute approximate surface area is 194 Å². The number of aryl methyl sites for hydroxylation is 3. The number of carbonyl (C=O) groups excluding carboxylic acids is 2. The Morgan fingerprint density at radius 1 is 1.00 bits per heavy atom. The van der Waals surface area contributed by atoms with Crippen molar-refractivity contribution >= 4 is 28.9 Å². The van der Waals surface area contributed by atoms with Crippen LogP contribution < -0.4 is 15.5 Å². The molecule has 7 heteroatoms. The molecule has 2 heterocycles. The smallest absolute Gasteiger partial charge is 0.229 e. The number of benzene rings is 2. The molecule has 1 fully saturated rings. The van der Waals surface area contributed by atoms with Crippen LogP contribution in [-0.4, -0.2) is 28.3 Å². The fraction of sp³-hybridized carbons (Fsp3) is 0.308. The molecular weight excluding hydrogens is 414 g/mol. The van der Waals surface area contributed by atoms with Gasteiger partial charge in [-0.15, -0.1) is 0 Å². The first kappa shape index (κ1) is 22.5. The molecule has 7 nitrogen and oxygen atoms in total. The monoisotopic (exact) mass is 443 g/mol. The maximum Gasteiger partial charge on any atom is 0.229 e. The van der Waals surface area contributed by atoms with Crippen LogP contribution in [0.15, 0.2) is 54.6 Å². The molecule has 1 aliphatic rings. The second kappa shape index (κ2) is 9.40. The first-order chi connectivity index (χ1) is 15.8. The van der Waals surface area contributed by atoms with Crippen molar-refractivity contribution in [3.8, 4) is 0 Å². The molecule has 0 aliphatic carbocycles. The highest BCUT2D eigenvalue weighted by Gasteiger charge is 2.35. The van der Waals surface area contributed by atoms with E-state index >= 15 is 0 Å². The molecule has 3 aromatic rings. The van der Waals surface area contributed by atoms with Crippen LogP contribution in [0.5, 0.6) is 0 Å². The fourth-order valence-electron chi connectivity index (χ4n) is 4.08. The van der Waals surface area contributed by atoms with Gasteiger partial charge in [-0.05, 0) is 75.7 Å². The normalized spacial score (nSPS) is 16.5. The van der Waals surface area contributed by atoms with Gasteiger partial charge in [0.1, 0.15) is 0 Å². The van der Waals surface area contributed by atoms with Crippen molar-refractivity contribution in [1.82, 2.24) is 9.97 Å². The van der Waals surface area contributed by atoms with E-state index in [0.717, 1.165) is 34.2 Å². The van der Waals surface area contributed by atoms with Crippen molar-refractivity contribution in [2.24, 2.45) is 5.92 Å². The number of anilines is 3. The van der Waals surface area contributed by atoms with Crippen molar-refractivity contribution in [3.63, 3.8) is 0 Å². The summed E-state index contributed by atoms with van der Waals surface area (Å²) in [6.45, 7) is 8.31. The summed E-state index contributed by atoms with van der Waals surface area (Å²) in [5, 5.41) is 6.34. The van der Waals surface area contributed by atoms with E-state index in [2.05, 4.69) is 20.6 Å². The zero-order valence-electron chi connectivity index (χ0n) is 19.4. The van der Waals surface area contributed by atoms with Gasteiger partial charge in [0.25, 0.3) is 0 Å². The highest BCUT2D eigenvalue weighted by Crippen LogP contribution is 2.27. The van der Waals surface area contributed by atoms with E-state index in [1.54, 1.807) is 4.90 Å². The third-order valence-corrected chi connectivity index (χ3v) is 5.73. The molecule has 33 heavy (non-hydrogen) atoms. The predicted octanol–water partition coefficient (Wildman–Crippen LogP) is 4.57. The minimum atomic E-state index is -0.377. The molecule has 1 aromatic heterocycles. The lowest BCUT2D eigenvalue weighted by Crippen LogP contribution is -2.28. The third kappa shape index (κ3) is 5.37. The highest BCUT2D eigenvalue weighted by atomic mass is 16.2. The van der Waals surface area contributed by atoms with Crippen LogP contribution >= 0.6 is 0 Å². The largest absolute Gasteiger partial charge is 0.375 e. The number of aromatic nitrogens is 2. The van der Waals surface area contributed by atoms with E-state index in [1.807, 2.05) is 82.3 Å². The molecular formula is C26H29N5O2. The van der Waals surface area contributed by atoms with Crippen LogP contribution in [0, 0.1) is 26.7 Å². The summed E-state index contributed by atoms with van der Waals surface area (Å²) in [7, 11) is 0. The lowest BCUT2D eigenvalue weighted by molar-refractivity contribution is -0.122. The van der Waals surface area contributed by atoms with Gasteiger partial charge in [-0.2, -0.15) is 0 Å². The lowest BCUT2D eigenvalue weighted by Gasteiger charge is -2.17. The molecule has 2 amide bonds. The maximum atomic E-state index is 12.8. The number of amides is 2. The molecule has 170 valence electrons. The Balaban J connectivity index is 1.36. The molecule has 0 spiro atoms. The van der Waals surface area contributed by atoms with Crippen molar-refractivity contribution in [2.75, 3.05) is 22.1 Å². The van der Waals surface area contributed by atoms with Crippen molar-refractivity contribution < 1.29 is 9.59 Å². The second-order valence-corrected chi connectivity index (χ2v) is 8.69. The topological polar surface area (TPSA) is 87.2 Å². The average molecular weight is 444 g/mol. The summed E-state index contributed by atoms with van der Waals surface area (Å²) in [5.74, 6) is 0.200. The zero-order chi connectivity index (χ0) is 23.5. The van der Waals surface area contributed by atoms with E-state index in [4.69, 9.17) is 0 Å². The second-order valence-electron chi connectivity index (χ2n) is 8.69. The Morgan fingerprint density at radius 3 is 2.33 bits per heavy atom. The number of carbonyl (C=O) groups is 2. The van der Waals surface area contributed by atoms with Crippen LogP contribution in [0.1, 0.15) is 42.2 Å². The van der Waals surface area contributed by atoms with E-state index < -0.39 is 0 Å². The number of rotatable bonds is 6. The molecule has 4 rings (SSSR count). The Kier molecular flexibility index (Phi) is 6.40. The third-order valence-electron chi connectivity index (χ3n) is 5.73. The van der Waals surface area contributed by atoms with Gasteiger partial charge < -0.3 is 15.5 Å². The van der Waals surface area contributed by atoms with E-state index in [9.17, 15) is 9.59 Å². The van der Waals surface area contributed by atoms with Gasteiger partial charge in [0.05, 0.1) is 12.0 Å². The van der Waals surface area contributed by atoms with Gasteiger partial charge in [-0.1, -0.05) is 12.1 Å². The Morgan fingerprint density at radius 2 is 1.67 bits per heavy atom. The minimum Gasteiger partial charge on any atom is -0.375 e. The van der Waals surface area contributed by atoms with Gasteiger partial charge >= 0.3 is 0 Å². The quantitative estimate of drug-likeness (QED) is 0.583. The Bertz CT molecular complexity index is 1160. The molecule has 2 atom stereocenters. The molecule has 2 aromatic carbocycles. The lowest BCUT2D eigenvalue weighted by atomic mass is 10.1. The minimum absolute atomic E-state index is 0.0251. The van der Waals surface area contributed by atoms with E-state index in [-0.39, 0.29) is 30.2 Å². The standard InChI is InChI=1S/C26H29N5O2/c1-16-6-5-7-23(12-16)31-15-20(14-24(31)32)26(33)30-22-10-8-21(9-11-22)29-19(4)25-27-17(2)13-18(3)28-25/h5-13,19-20,29H,14-15H2,1-4H3,(H,30,33). The molecule has 0 bridgehead atoms. The van der Waals surface area contributed by atoms with E-state index in [0.29, 0.717) is 12.2 Å². The molecule has 1 saturated heterocycles. The fourth-order valence-corrected chi connectivity index (χ4v) is 4.08. The highest BCUT2D eigenvalue weighted by molar-refractivity contribution is 6.03. The number of nitrogens with one attached hydrogen (secondary N) is 2. The number of hydrogen-bond acceptors (Lipinski definition) is 5. The summed E-state index contributed by atoms with van der Waals surface area (Å²) in [5.41, 5.74) is 5.41. The summed E-state index contributed by atoms with van der Waals surface area (Å²) >= 11 is 0. The summed E-state index contributed by atoms with van der Waals surface area (Å²) in [4.78, 5) is 36.0. The number of hydrogen-bond donors (Lipinski definition) is 2. The van der Waals surface area contributed by atoms with Crippen LogP contribution in [0.2, 0.25) is 0 Å². The van der Waals surface area contributed by atoms with Crippen molar-refractivity contribution in [1.29, 1.82) is 0 Å². The number of nitrogens with zero attached hydrogens (tertiary/aromatic N) is 3. The van der Waals surface area contributed by atoms with Crippen LogP contribution in [0.25, 0.3) is 0 Å². The van der Waals surface area contributed by atoms with Gasteiger partial charge in [0.2, 0.25) is 11.8 Å². The molecule has 0 saturated carbocycles. The Hall–Kier alpha value is -3.74. The zero-order valence-corrected chi connectivity index (χ0v) is 19.4. The summed E-state index contributed by atoms with van der Waals surface area (Å²) < 4.78 is 0. The van der Waals surface area contributed by atoms with Crippen LogP contribution in [0.3, 0.4) is 0 Å². The van der Waals surface area contributed by atoms with Gasteiger partial charge in [-0.3, -0.25) is 9.59 Å². The van der Waals surface area contributed by atoms with Crippen LogP contribution in [-0.2, 0) is 9.59 Å². The van der Waals surface area contributed by atoms with Crippen LogP contribution in [0.4, 0.5) is 17.1 Å². The molecule has 2 N–H and O–H groups in total. The van der Waals surface area contributed by atoms with E-state index in [1.165, 1.54) is 0 Å². The van der Waals surface area contributed by atoms with Crippen molar-refractivity contribution in [2.45, 2.75) is 40.2 Å². The summed E-state index contributed by atoms with van der Waals surface area (Å²) in [6, 6.07) is 17.2. The maximum absolute atomic E-state index is 12.8. The predicted molar refractivity (Wildman–Crippen MR) is 130 cm³/mol. The van der Waals surface area contributed by atoms with Gasteiger partial charge in [0.15, 0.2) is 5.82 Å².